The quantitative estimate of drug-likeness (QED) is 0.913. The molecule has 1 aromatic carbocycles. The number of nitrogens with one attached hydrogen (secondary N) is 1. The van der Waals surface area contributed by atoms with Crippen LogP contribution >= 0.6 is 0 Å². The summed E-state index contributed by atoms with van der Waals surface area (Å²) in [5.74, 6) is 0.705. The van der Waals surface area contributed by atoms with Gasteiger partial charge in [0, 0.05) is 31.7 Å². The second kappa shape index (κ2) is 6.67. The van der Waals surface area contributed by atoms with E-state index in [-0.39, 0.29) is 24.0 Å². The van der Waals surface area contributed by atoms with Crippen LogP contribution in [-0.4, -0.2) is 55.8 Å². The highest BCUT2D eigenvalue weighted by atomic mass is 16.5. The van der Waals surface area contributed by atoms with Gasteiger partial charge in [0.1, 0.15) is 18.3 Å². The molecule has 0 aliphatic carbocycles. The number of rotatable bonds is 4. The van der Waals surface area contributed by atoms with E-state index in [0.717, 1.165) is 30.9 Å². The molecule has 5 nitrogen and oxygen atoms in total. The molecule has 3 atom stereocenters. The maximum atomic E-state index is 12.3. The molecule has 1 fully saturated rings. The SMILES string of the molecule is CC1CN(CCNC(=O)C2COc3ccccc32)CC(C)O1. The van der Waals surface area contributed by atoms with Gasteiger partial charge in [-0.25, -0.2) is 0 Å². The van der Waals surface area contributed by atoms with Crippen LogP contribution in [-0.2, 0) is 9.53 Å². The van der Waals surface area contributed by atoms with Crippen LogP contribution < -0.4 is 10.1 Å². The number of hydrogen-bond acceptors (Lipinski definition) is 4. The topological polar surface area (TPSA) is 50.8 Å². The molecule has 1 aromatic rings. The van der Waals surface area contributed by atoms with Gasteiger partial charge in [-0.1, -0.05) is 18.2 Å². The third kappa shape index (κ3) is 3.42. The van der Waals surface area contributed by atoms with Crippen molar-refractivity contribution in [3.05, 3.63) is 29.8 Å². The molecule has 3 rings (SSSR count). The molecule has 22 heavy (non-hydrogen) atoms. The third-order valence-electron chi connectivity index (χ3n) is 4.24. The van der Waals surface area contributed by atoms with E-state index >= 15 is 0 Å². The molecule has 1 N–H and O–H groups in total. The monoisotopic (exact) mass is 304 g/mol. The minimum absolute atomic E-state index is 0.0549. The lowest BCUT2D eigenvalue weighted by Gasteiger charge is -2.35. The van der Waals surface area contributed by atoms with Crippen LogP contribution in [0.4, 0.5) is 0 Å². The summed E-state index contributed by atoms with van der Waals surface area (Å²) in [6.45, 7) is 8.00. The first-order valence-corrected chi connectivity index (χ1v) is 8.00. The smallest absolute Gasteiger partial charge is 0.231 e. The van der Waals surface area contributed by atoms with Crippen molar-refractivity contribution in [2.24, 2.45) is 0 Å². The number of ether oxygens (including phenoxy) is 2. The van der Waals surface area contributed by atoms with Crippen molar-refractivity contribution in [2.75, 3.05) is 32.8 Å². The van der Waals surface area contributed by atoms with Crippen LogP contribution in [0.2, 0.25) is 0 Å². The number of amides is 1. The lowest BCUT2D eigenvalue weighted by Crippen LogP contribution is -2.48. The summed E-state index contributed by atoms with van der Waals surface area (Å²) < 4.78 is 11.3. The molecule has 1 saturated heterocycles. The first-order chi connectivity index (χ1) is 10.6. The third-order valence-corrected chi connectivity index (χ3v) is 4.24. The summed E-state index contributed by atoms with van der Waals surface area (Å²) in [5, 5.41) is 3.04. The maximum absolute atomic E-state index is 12.3. The molecule has 2 aliphatic heterocycles. The number of carbonyl (C=O) groups is 1. The molecule has 0 spiro atoms. The molecule has 5 heteroatoms. The van der Waals surface area contributed by atoms with Gasteiger partial charge in [0.2, 0.25) is 5.91 Å². The molecule has 0 aromatic heterocycles. The fourth-order valence-corrected chi connectivity index (χ4v) is 3.31. The predicted molar refractivity (Wildman–Crippen MR) is 84.1 cm³/mol. The zero-order chi connectivity index (χ0) is 15.5. The van der Waals surface area contributed by atoms with E-state index in [0.29, 0.717) is 13.2 Å². The van der Waals surface area contributed by atoms with Crippen molar-refractivity contribution in [2.45, 2.75) is 32.0 Å². The fourth-order valence-electron chi connectivity index (χ4n) is 3.31. The number of para-hydroxylation sites is 1. The molecule has 2 heterocycles. The summed E-state index contributed by atoms with van der Waals surface area (Å²) >= 11 is 0. The standard InChI is InChI=1S/C17H24N2O3/c1-12-9-19(10-13(2)22-12)8-7-18-17(20)15-11-21-16-6-4-3-5-14(15)16/h3-6,12-13,15H,7-11H2,1-2H3,(H,18,20). The maximum Gasteiger partial charge on any atom is 0.231 e. The number of nitrogens with zero attached hydrogens (tertiary/aromatic N) is 1. The van der Waals surface area contributed by atoms with Gasteiger partial charge in [0.15, 0.2) is 0 Å². The number of carbonyl (C=O) groups excluding carboxylic acids is 1. The van der Waals surface area contributed by atoms with E-state index in [1.165, 1.54) is 0 Å². The van der Waals surface area contributed by atoms with E-state index in [2.05, 4.69) is 24.1 Å². The summed E-state index contributed by atoms with van der Waals surface area (Å²) in [6, 6.07) is 7.77. The zero-order valence-electron chi connectivity index (χ0n) is 13.2. The average molecular weight is 304 g/mol. The van der Waals surface area contributed by atoms with Crippen LogP contribution in [0.15, 0.2) is 24.3 Å². The van der Waals surface area contributed by atoms with Crippen molar-refractivity contribution >= 4 is 5.91 Å². The van der Waals surface area contributed by atoms with E-state index in [1.807, 2.05) is 24.3 Å². The zero-order valence-corrected chi connectivity index (χ0v) is 13.2. The minimum atomic E-state index is -0.182. The first kappa shape index (κ1) is 15.3. The van der Waals surface area contributed by atoms with Crippen LogP contribution in [0.1, 0.15) is 25.3 Å². The summed E-state index contributed by atoms with van der Waals surface area (Å²) in [5.41, 5.74) is 0.994. The van der Waals surface area contributed by atoms with Crippen LogP contribution in [0.25, 0.3) is 0 Å². The highest BCUT2D eigenvalue weighted by Crippen LogP contribution is 2.33. The Labute approximate surface area is 131 Å². The van der Waals surface area contributed by atoms with Crippen molar-refractivity contribution in [3.63, 3.8) is 0 Å². The number of fused-ring (bicyclic) bond motifs is 1. The van der Waals surface area contributed by atoms with Gasteiger partial charge in [0.25, 0.3) is 0 Å². The van der Waals surface area contributed by atoms with Crippen molar-refractivity contribution in [1.29, 1.82) is 0 Å². The molecule has 120 valence electrons. The van der Waals surface area contributed by atoms with Crippen LogP contribution in [0.5, 0.6) is 5.75 Å². The van der Waals surface area contributed by atoms with Crippen molar-refractivity contribution < 1.29 is 14.3 Å². The van der Waals surface area contributed by atoms with Crippen molar-refractivity contribution in [1.82, 2.24) is 10.2 Å². The molecule has 3 unspecified atom stereocenters. The van der Waals surface area contributed by atoms with Gasteiger partial charge in [-0.15, -0.1) is 0 Å². The summed E-state index contributed by atoms with van der Waals surface area (Å²) in [7, 11) is 0. The first-order valence-electron chi connectivity index (χ1n) is 8.00. The summed E-state index contributed by atoms with van der Waals surface area (Å²) in [4.78, 5) is 14.7. The highest BCUT2D eigenvalue weighted by molar-refractivity contribution is 5.85. The Bertz CT molecular complexity index is 524. The number of hydrogen-bond donors (Lipinski definition) is 1. The predicted octanol–water partition coefficient (Wildman–Crippen LogP) is 1.39. The Morgan fingerprint density at radius 2 is 2.00 bits per heavy atom. The lowest BCUT2D eigenvalue weighted by molar-refractivity contribution is -0.122. The molecule has 0 bridgehead atoms. The molecule has 0 saturated carbocycles. The second-order valence-electron chi connectivity index (χ2n) is 6.21. The molecular weight excluding hydrogens is 280 g/mol. The van der Waals surface area contributed by atoms with E-state index in [1.54, 1.807) is 0 Å². The molecular formula is C17H24N2O3. The molecule has 0 radical (unpaired) electrons. The Balaban J connectivity index is 1.47. The van der Waals surface area contributed by atoms with Crippen LogP contribution in [0, 0.1) is 0 Å². The van der Waals surface area contributed by atoms with Gasteiger partial charge in [-0.05, 0) is 19.9 Å². The van der Waals surface area contributed by atoms with E-state index in [9.17, 15) is 4.79 Å². The second-order valence-corrected chi connectivity index (χ2v) is 6.21. The largest absolute Gasteiger partial charge is 0.492 e. The van der Waals surface area contributed by atoms with Gasteiger partial charge in [0.05, 0.1) is 12.2 Å². The Morgan fingerprint density at radius 3 is 2.77 bits per heavy atom. The molecule has 2 aliphatic rings. The fraction of sp³-hybridized carbons (Fsp3) is 0.588. The molecule has 1 amide bonds. The summed E-state index contributed by atoms with van der Waals surface area (Å²) in [6.07, 6.45) is 0.518. The van der Waals surface area contributed by atoms with E-state index in [4.69, 9.17) is 9.47 Å². The van der Waals surface area contributed by atoms with Crippen molar-refractivity contribution in [3.8, 4) is 5.75 Å². The number of benzene rings is 1. The average Bonchev–Trinajstić information content (AvgIpc) is 2.90. The normalized spacial score (nSPS) is 28.0. The van der Waals surface area contributed by atoms with Gasteiger partial charge in [-0.3, -0.25) is 9.69 Å². The Morgan fingerprint density at radius 1 is 1.27 bits per heavy atom. The van der Waals surface area contributed by atoms with Gasteiger partial charge in [-0.2, -0.15) is 0 Å². The van der Waals surface area contributed by atoms with Gasteiger partial charge >= 0.3 is 0 Å². The lowest BCUT2D eigenvalue weighted by atomic mass is 10.0. The van der Waals surface area contributed by atoms with Gasteiger partial charge < -0.3 is 14.8 Å². The highest BCUT2D eigenvalue weighted by Gasteiger charge is 2.30. The minimum Gasteiger partial charge on any atom is -0.492 e. The Kier molecular flexibility index (Phi) is 4.64. The Hall–Kier alpha value is -1.59. The van der Waals surface area contributed by atoms with Crippen LogP contribution in [0.3, 0.4) is 0 Å². The van der Waals surface area contributed by atoms with E-state index < -0.39 is 0 Å². The number of morpholine rings is 1.